The van der Waals surface area contributed by atoms with Crippen LogP contribution in [0.4, 0.5) is 0 Å². The van der Waals surface area contributed by atoms with Crippen LogP contribution in [-0.4, -0.2) is 10.9 Å². The summed E-state index contributed by atoms with van der Waals surface area (Å²) in [5.74, 6) is 1.03. The van der Waals surface area contributed by atoms with Crippen LogP contribution in [0.5, 0.6) is 0 Å². The molecule has 0 radical (unpaired) electrons. The Hall–Kier alpha value is 0.0200. The maximum Gasteiger partial charge on any atom is 0.189 e. The van der Waals surface area contributed by atoms with Gasteiger partial charge in [-0.25, -0.2) is 0 Å². The van der Waals surface area contributed by atoms with Gasteiger partial charge in [0.15, 0.2) is 5.12 Å². The molecule has 9 heavy (non-hydrogen) atoms. The van der Waals surface area contributed by atoms with Crippen LogP contribution in [0.25, 0.3) is 0 Å². The van der Waals surface area contributed by atoms with Crippen LogP contribution in [-0.2, 0) is 4.79 Å². The van der Waals surface area contributed by atoms with Gasteiger partial charge in [-0.05, 0) is 11.8 Å². The Bertz CT molecular complexity index is 133. The molecule has 0 amide bonds. The lowest BCUT2D eigenvalue weighted by molar-refractivity contribution is -0.111. The highest BCUT2D eigenvalue weighted by Crippen LogP contribution is 2.38. The number of carbonyl (C=O) groups is 1. The number of carbonyl (C=O) groups excluding carboxylic acids is 1. The zero-order valence-corrected chi connectivity index (χ0v) is 6.75. The van der Waals surface area contributed by atoms with Gasteiger partial charge >= 0.3 is 0 Å². The third-order valence-electron chi connectivity index (χ3n) is 2.01. The van der Waals surface area contributed by atoms with E-state index >= 15 is 0 Å². The third kappa shape index (κ3) is 1.48. The maximum atomic E-state index is 10.8. The summed E-state index contributed by atoms with van der Waals surface area (Å²) < 4.78 is 0. The normalized spacial score (nSPS) is 35.6. The van der Waals surface area contributed by atoms with Crippen molar-refractivity contribution < 1.29 is 4.79 Å². The van der Waals surface area contributed by atoms with Crippen molar-refractivity contribution in [1.29, 1.82) is 0 Å². The van der Waals surface area contributed by atoms with Gasteiger partial charge in [-0.3, -0.25) is 4.79 Å². The minimum Gasteiger partial charge on any atom is -0.287 e. The van der Waals surface area contributed by atoms with Crippen molar-refractivity contribution in [3.05, 3.63) is 0 Å². The lowest BCUT2D eigenvalue weighted by Gasteiger charge is -2.17. The summed E-state index contributed by atoms with van der Waals surface area (Å²) in [5.41, 5.74) is 0.321. The lowest BCUT2D eigenvalue weighted by atomic mass is 9.87. The standard InChI is InChI=1S/C7H12OS/c1-3-7(2)4-6(8)9-5-7/h3-5H2,1-2H3. The van der Waals surface area contributed by atoms with E-state index in [4.69, 9.17) is 0 Å². The van der Waals surface area contributed by atoms with E-state index in [0.717, 1.165) is 18.6 Å². The van der Waals surface area contributed by atoms with E-state index in [1.54, 1.807) is 0 Å². The molecule has 0 aromatic carbocycles. The molecule has 1 heterocycles. The van der Waals surface area contributed by atoms with E-state index in [2.05, 4.69) is 13.8 Å². The summed E-state index contributed by atoms with van der Waals surface area (Å²) in [6.07, 6.45) is 1.92. The Labute approximate surface area is 60.2 Å². The molecular weight excluding hydrogens is 132 g/mol. The molecule has 0 aromatic rings. The Kier molecular flexibility index (Phi) is 1.85. The van der Waals surface area contributed by atoms with E-state index in [0.29, 0.717) is 10.5 Å². The average Bonchev–Trinajstić information content (AvgIpc) is 2.13. The summed E-state index contributed by atoms with van der Waals surface area (Å²) in [6.45, 7) is 4.34. The molecule has 2 heteroatoms. The Morgan fingerprint density at radius 3 is 2.67 bits per heavy atom. The molecule has 1 saturated heterocycles. The maximum absolute atomic E-state index is 10.8. The van der Waals surface area contributed by atoms with E-state index in [1.807, 2.05) is 0 Å². The van der Waals surface area contributed by atoms with Gasteiger partial charge in [-0.15, -0.1) is 0 Å². The lowest BCUT2D eigenvalue weighted by Crippen LogP contribution is -2.13. The van der Waals surface area contributed by atoms with Gasteiger partial charge in [0.2, 0.25) is 0 Å². The summed E-state index contributed by atoms with van der Waals surface area (Å²) in [5, 5.41) is 0.374. The number of hydrogen-bond acceptors (Lipinski definition) is 2. The van der Waals surface area contributed by atoms with Gasteiger partial charge < -0.3 is 0 Å². The highest BCUT2D eigenvalue weighted by Gasteiger charge is 2.32. The van der Waals surface area contributed by atoms with E-state index in [9.17, 15) is 4.79 Å². The minimum absolute atomic E-state index is 0.321. The molecule has 1 fully saturated rings. The van der Waals surface area contributed by atoms with E-state index in [-0.39, 0.29) is 0 Å². The second-order valence-electron chi connectivity index (χ2n) is 3.00. The van der Waals surface area contributed by atoms with Crippen molar-refractivity contribution >= 4 is 16.9 Å². The molecule has 0 bridgehead atoms. The highest BCUT2D eigenvalue weighted by molar-refractivity contribution is 8.14. The van der Waals surface area contributed by atoms with Gasteiger partial charge in [0, 0.05) is 12.2 Å². The van der Waals surface area contributed by atoms with Crippen molar-refractivity contribution in [2.75, 3.05) is 5.75 Å². The third-order valence-corrected chi connectivity index (χ3v) is 3.31. The SMILES string of the molecule is CCC1(C)CSC(=O)C1. The molecule has 1 nitrogen and oxygen atoms in total. The van der Waals surface area contributed by atoms with Crippen LogP contribution >= 0.6 is 11.8 Å². The Morgan fingerprint density at radius 2 is 2.44 bits per heavy atom. The fourth-order valence-electron chi connectivity index (χ4n) is 0.932. The van der Waals surface area contributed by atoms with E-state index in [1.165, 1.54) is 11.8 Å². The van der Waals surface area contributed by atoms with Gasteiger partial charge in [0.1, 0.15) is 0 Å². The van der Waals surface area contributed by atoms with Crippen LogP contribution in [0.15, 0.2) is 0 Å². The molecule has 1 aliphatic heterocycles. The van der Waals surface area contributed by atoms with Crippen molar-refractivity contribution in [3.8, 4) is 0 Å². The minimum atomic E-state index is 0.321. The van der Waals surface area contributed by atoms with Crippen LogP contribution in [0.1, 0.15) is 26.7 Å². The first-order chi connectivity index (χ1) is 4.16. The number of rotatable bonds is 1. The Morgan fingerprint density at radius 1 is 1.78 bits per heavy atom. The van der Waals surface area contributed by atoms with Crippen LogP contribution in [0.3, 0.4) is 0 Å². The molecule has 0 spiro atoms. The average molecular weight is 144 g/mol. The fourth-order valence-corrected chi connectivity index (χ4v) is 2.20. The topological polar surface area (TPSA) is 17.1 Å². The van der Waals surface area contributed by atoms with Gasteiger partial charge in [0.25, 0.3) is 0 Å². The van der Waals surface area contributed by atoms with E-state index < -0.39 is 0 Å². The summed E-state index contributed by atoms with van der Waals surface area (Å²) in [6, 6.07) is 0. The first kappa shape index (κ1) is 7.13. The molecule has 0 N–H and O–H groups in total. The van der Waals surface area contributed by atoms with Gasteiger partial charge in [0.05, 0.1) is 0 Å². The molecule has 1 rings (SSSR count). The Balaban J connectivity index is 2.54. The summed E-state index contributed by atoms with van der Waals surface area (Å²) >= 11 is 1.49. The van der Waals surface area contributed by atoms with Crippen LogP contribution < -0.4 is 0 Å². The first-order valence-electron chi connectivity index (χ1n) is 3.32. The molecule has 1 unspecified atom stereocenters. The second kappa shape index (κ2) is 2.33. The summed E-state index contributed by atoms with van der Waals surface area (Å²) in [7, 11) is 0. The number of thioether (sulfide) groups is 1. The monoisotopic (exact) mass is 144 g/mol. The smallest absolute Gasteiger partial charge is 0.189 e. The van der Waals surface area contributed by atoms with Crippen molar-refractivity contribution in [3.63, 3.8) is 0 Å². The molecule has 52 valence electrons. The van der Waals surface area contributed by atoms with Gasteiger partial charge in [-0.1, -0.05) is 25.6 Å². The number of hydrogen-bond donors (Lipinski definition) is 0. The van der Waals surface area contributed by atoms with Gasteiger partial charge in [-0.2, -0.15) is 0 Å². The fraction of sp³-hybridized carbons (Fsp3) is 0.857. The first-order valence-corrected chi connectivity index (χ1v) is 4.30. The molecule has 0 aliphatic carbocycles. The van der Waals surface area contributed by atoms with Crippen LogP contribution in [0.2, 0.25) is 0 Å². The van der Waals surface area contributed by atoms with Crippen LogP contribution in [0, 0.1) is 5.41 Å². The highest BCUT2D eigenvalue weighted by atomic mass is 32.2. The quantitative estimate of drug-likeness (QED) is 0.560. The predicted octanol–water partition coefficient (Wildman–Crippen LogP) is 2.07. The summed E-state index contributed by atoms with van der Waals surface area (Å²) in [4.78, 5) is 10.8. The van der Waals surface area contributed by atoms with Crippen molar-refractivity contribution in [1.82, 2.24) is 0 Å². The zero-order chi connectivity index (χ0) is 6.91. The molecular formula is C7H12OS. The molecule has 0 aromatic heterocycles. The molecule has 0 saturated carbocycles. The molecule has 1 aliphatic rings. The largest absolute Gasteiger partial charge is 0.287 e. The molecule has 1 atom stereocenters. The zero-order valence-electron chi connectivity index (χ0n) is 5.94. The second-order valence-corrected chi connectivity index (χ2v) is 4.03. The van der Waals surface area contributed by atoms with Crippen molar-refractivity contribution in [2.45, 2.75) is 26.7 Å². The predicted molar refractivity (Wildman–Crippen MR) is 40.5 cm³/mol. The van der Waals surface area contributed by atoms with Crippen molar-refractivity contribution in [2.24, 2.45) is 5.41 Å².